The minimum absolute atomic E-state index is 0.317. The zero-order chi connectivity index (χ0) is 15.4. The first-order valence-electron chi connectivity index (χ1n) is 6.81. The minimum atomic E-state index is 0.317. The van der Waals surface area contributed by atoms with Crippen LogP contribution >= 0.6 is 12.2 Å². The number of ether oxygens (including phenoxy) is 2. The van der Waals surface area contributed by atoms with Crippen molar-refractivity contribution in [1.82, 2.24) is 0 Å². The van der Waals surface area contributed by atoms with Crippen LogP contribution in [0.1, 0.15) is 23.6 Å². The first kappa shape index (κ1) is 15.3. The summed E-state index contributed by atoms with van der Waals surface area (Å²) >= 11 is 5.09. The van der Waals surface area contributed by atoms with Crippen LogP contribution in [0.25, 0.3) is 0 Å². The van der Waals surface area contributed by atoms with Gasteiger partial charge in [0.1, 0.15) is 10.7 Å². The predicted molar refractivity (Wildman–Crippen MR) is 89.5 cm³/mol. The molecule has 3 nitrogen and oxygen atoms in total. The van der Waals surface area contributed by atoms with Gasteiger partial charge in [-0.3, -0.25) is 0 Å². The van der Waals surface area contributed by atoms with Crippen LogP contribution in [0.5, 0.6) is 17.2 Å². The summed E-state index contributed by atoms with van der Waals surface area (Å²) in [4.78, 5) is 0.317. The summed E-state index contributed by atoms with van der Waals surface area (Å²) in [5.74, 6) is 2.03. The van der Waals surface area contributed by atoms with E-state index in [0.29, 0.717) is 22.2 Å². The number of para-hydroxylation sites is 1. The van der Waals surface area contributed by atoms with E-state index < -0.39 is 0 Å². The third kappa shape index (κ3) is 3.34. The quantitative estimate of drug-likeness (QED) is 0.848. The van der Waals surface area contributed by atoms with E-state index in [1.165, 1.54) is 5.56 Å². The summed E-state index contributed by atoms with van der Waals surface area (Å²) in [6.07, 6.45) is 0.944. The fourth-order valence-electron chi connectivity index (χ4n) is 2.11. The molecule has 0 spiro atoms. The number of methoxy groups -OCH3 is 1. The Bertz CT molecular complexity index is 668. The van der Waals surface area contributed by atoms with Crippen LogP contribution < -0.4 is 15.2 Å². The second kappa shape index (κ2) is 6.59. The van der Waals surface area contributed by atoms with Crippen LogP contribution in [0.3, 0.4) is 0 Å². The van der Waals surface area contributed by atoms with Gasteiger partial charge in [-0.05, 0) is 42.7 Å². The molecule has 0 bridgehead atoms. The first-order valence-corrected chi connectivity index (χ1v) is 7.21. The maximum absolute atomic E-state index is 6.03. The average Bonchev–Trinajstić information content (AvgIpc) is 2.49. The van der Waals surface area contributed by atoms with E-state index in [1.54, 1.807) is 7.11 Å². The van der Waals surface area contributed by atoms with E-state index >= 15 is 0 Å². The molecule has 4 heteroatoms. The van der Waals surface area contributed by atoms with Crippen molar-refractivity contribution in [3.63, 3.8) is 0 Å². The molecule has 0 heterocycles. The van der Waals surface area contributed by atoms with E-state index in [-0.39, 0.29) is 0 Å². The summed E-state index contributed by atoms with van der Waals surface area (Å²) in [7, 11) is 1.63. The molecule has 110 valence electrons. The third-order valence-corrected chi connectivity index (χ3v) is 3.55. The van der Waals surface area contributed by atoms with Gasteiger partial charge in [0.05, 0.1) is 12.7 Å². The molecule has 2 aromatic carbocycles. The van der Waals surface area contributed by atoms with Gasteiger partial charge in [-0.25, -0.2) is 0 Å². The van der Waals surface area contributed by atoms with Crippen molar-refractivity contribution < 1.29 is 9.47 Å². The first-order chi connectivity index (χ1) is 10.1. The van der Waals surface area contributed by atoms with Gasteiger partial charge >= 0.3 is 0 Å². The Morgan fingerprint density at radius 3 is 2.57 bits per heavy atom. The monoisotopic (exact) mass is 301 g/mol. The van der Waals surface area contributed by atoms with Gasteiger partial charge in [-0.15, -0.1) is 0 Å². The molecule has 0 radical (unpaired) electrons. The standard InChI is InChI=1S/C17H19NO2S/c1-4-12-8-9-14(15(10-12)19-3)20-16-11(2)6-5-7-13(16)17(18)21/h5-10H,4H2,1-3H3,(H2,18,21). The Morgan fingerprint density at radius 2 is 1.95 bits per heavy atom. The molecule has 0 saturated heterocycles. The molecule has 0 atom stereocenters. The van der Waals surface area contributed by atoms with Gasteiger partial charge in [-0.1, -0.05) is 37.3 Å². The lowest BCUT2D eigenvalue weighted by atomic mass is 10.1. The van der Waals surface area contributed by atoms with E-state index in [1.807, 2.05) is 43.3 Å². The Labute approximate surface area is 130 Å². The van der Waals surface area contributed by atoms with Crippen LogP contribution in [0, 0.1) is 6.92 Å². The lowest BCUT2D eigenvalue weighted by Gasteiger charge is -2.15. The molecule has 0 unspecified atom stereocenters. The largest absolute Gasteiger partial charge is 0.493 e. The zero-order valence-electron chi connectivity index (χ0n) is 12.5. The van der Waals surface area contributed by atoms with E-state index in [0.717, 1.165) is 17.5 Å². The van der Waals surface area contributed by atoms with E-state index in [9.17, 15) is 0 Å². The van der Waals surface area contributed by atoms with Crippen LogP contribution in [0.15, 0.2) is 36.4 Å². The lowest BCUT2D eigenvalue weighted by molar-refractivity contribution is 0.377. The number of thiocarbonyl (C=S) groups is 1. The fourth-order valence-corrected chi connectivity index (χ4v) is 2.27. The van der Waals surface area contributed by atoms with Crippen LogP contribution in [-0.2, 0) is 6.42 Å². The highest BCUT2D eigenvalue weighted by Crippen LogP contribution is 2.35. The number of hydrogen-bond donors (Lipinski definition) is 1. The van der Waals surface area contributed by atoms with Crippen molar-refractivity contribution in [2.24, 2.45) is 5.73 Å². The third-order valence-electron chi connectivity index (χ3n) is 3.33. The van der Waals surface area contributed by atoms with E-state index in [2.05, 4.69) is 6.92 Å². The molecule has 0 amide bonds. The molecule has 0 aliphatic rings. The Morgan fingerprint density at radius 1 is 1.19 bits per heavy atom. The number of hydrogen-bond acceptors (Lipinski definition) is 3. The van der Waals surface area contributed by atoms with Crippen LogP contribution in [0.2, 0.25) is 0 Å². The molecule has 2 rings (SSSR count). The van der Waals surface area contributed by atoms with Crippen molar-refractivity contribution in [2.75, 3.05) is 7.11 Å². The van der Waals surface area contributed by atoms with E-state index in [4.69, 9.17) is 27.4 Å². The minimum Gasteiger partial charge on any atom is -0.493 e. The molecule has 0 fully saturated rings. The molecule has 2 aromatic rings. The topological polar surface area (TPSA) is 44.5 Å². The summed E-state index contributed by atoms with van der Waals surface area (Å²) in [5, 5.41) is 0. The summed E-state index contributed by atoms with van der Waals surface area (Å²) in [5.41, 5.74) is 8.67. The normalized spacial score (nSPS) is 10.2. The molecule has 0 aromatic heterocycles. The Balaban J connectivity index is 2.45. The molecule has 21 heavy (non-hydrogen) atoms. The number of nitrogens with two attached hydrogens (primary N) is 1. The fraction of sp³-hybridized carbons (Fsp3) is 0.235. The Kier molecular flexibility index (Phi) is 4.81. The SMILES string of the molecule is CCc1ccc(Oc2c(C)cccc2C(N)=S)c(OC)c1. The summed E-state index contributed by atoms with van der Waals surface area (Å²) in [6, 6.07) is 11.6. The summed E-state index contributed by atoms with van der Waals surface area (Å²) in [6.45, 7) is 4.06. The highest BCUT2D eigenvalue weighted by atomic mass is 32.1. The van der Waals surface area contributed by atoms with Crippen LogP contribution in [-0.4, -0.2) is 12.1 Å². The highest BCUT2D eigenvalue weighted by molar-refractivity contribution is 7.80. The number of benzene rings is 2. The van der Waals surface area contributed by atoms with Crippen molar-refractivity contribution >= 4 is 17.2 Å². The van der Waals surface area contributed by atoms with Gasteiger partial charge < -0.3 is 15.2 Å². The van der Waals surface area contributed by atoms with Crippen molar-refractivity contribution in [3.8, 4) is 17.2 Å². The average molecular weight is 301 g/mol. The number of rotatable bonds is 5. The molecule has 2 N–H and O–H groups in total. The maximum Gasteiger partial charge on any atom is 0.169 e. The lowest BCUT2D eigenvalue weighted by Crippen LogP contribution is -2.11. The van der Waals surface area contributed by atoms with Gasteiger partial charge in [0.25, 0.3) is 0 Å². The van der Waals surface area contributed by atoms with Crippen LogP contribution in [0.4, 0.5) is 0 Å². The van der Waals surface area contributed by atoms with Crippen molar-refractivity contribution in [1.29, 1.82) is 0 Å². The second-order valence-electron chi connectivity index (χ2n) is 4.76. The molecule has 0 aliphatic heterocycles. The highest BCUT2D eigenvalue weighted by Gasteiger charge is 2.13. The number of aryl methyl sites for hydroxylation is 2. The smallest absolute Gasteiger partial charge is 0.169 e. The van der Waals surface area contributed by atoms with Gasteiger partial charge in [0.15, 0.2) is 11.5 Å². The predicted octanol–water partition coefficient (Wildman–Crippen LogP) is 3.99. The molecular formula is C17H19NO2S. The van der Waals surface area contributed by atoms with Crippen molar-refractivity contribution in [3.05, 3.63) is 53.1 Å². The second-order valence-corrected chi connectivity index (χ2v) is 5.20. The molecular weight excluding hydrogens is 282 g/mol. The maximum atomic E-state index is 6.03. The van der Waals surface area contributed by atoms with Gasteiger partial charge in [-0.2, -0.15) is 0 Å². The molecule has 0 saturated carbocycles. The zero-order valence-corrected chi connectivity index (χ0v) is 13.3. The van der Waals surface area contributed by atoms with Crippen molar-refractivity contribution in [2.45, 2.75) is 20.3 Å². The van der Waals surface area contributed by atoms with Gasteiger partial charge in [0.2, 0.25) is 0 Å². The van der Waals surface area contributed by atoms with Gasteiger partial charge in [0, 0.05) is 0 Å². The Hall–Kier alpha value is -2.07. The molecule has 0 aliphatic carbocycles. The summed E-state index contributed by atoms with van der Waals surface area (Å²) < 4.78 is 11.4.